The van der Waals surface area contributed by atoms with Crippen molar-refractivity contribution in [3.63, 3.8) is 0 Å². The van der Waals surface area contributed by atoms with Gasteiger partial charge in [-0.15, -0.1) is 0 Å². The summed E-state index contributed by atoms with van der Waals surface area (Å²) in [5, 5.41) is 29.0. The molecule has 0 heterocycles. The number of phosphoric ester groups is 1. The summed E-state index contributed by atoms with van der Waals surface area (Å²) in [6.45, 7) is 0. The molecule has 11 nitrogen and oxygen atoms in total. The number of benzene rings is 2. The van der Waals surface area contributed by atoms with E-state index >= 15 is 0 Å². The third kappa shape index (κ3) is 6.83. The van der Waals surface area contributed by atoms with Gasteiger partial charge in [0.15, 0.2) is 0 Å². The molecule has 12 heteroatoms. The molecule has 0 fully saturated rings. The lowest BCUT2D eigenvalue weighted by Crippen LogP contribution is -1.91. The molecule has 128 valence electrons. The molecule has 0 atom stereocenters. The average molecular weight is 358 g/mol. The van der Waals surface area contributed by atoms with Crippen LogP contribution in [0.3, 0.4) is 0 Å². The van der Waals surface area contributed by atoms with Gasteiger partial charge in [-0.25, -0.2) is 4.57 Å². The summed E-state index contributed by atoms with van der Waals surface area (Å²) in [5.41, 5.74) is -0.194. The summed E-state index contributed by atoms with van der Waals surface area (Å²) in [7, 11) is -4.60. The van der Waals surface area contributed by atoms with E-state index in [1.165, 1.54) is 24.3 Å². The Kier molecular flexibility index (Phi) is 6.36. The summed E-state index contributed by atoms with van der Waals surface area (Å²) < 4.78 is 14.5. The molecule has 0 aliphatic carbocycles. The van der Waals surface area contributed by atoms with Crippen LogP contribution in [0.1, 0.15) is 0 Å². The van der Waals surface area contributed by atoms with Crippen molar-refractivity contribution < 1.29 is 33.8 Å². The second-order valence-corrected chi connectivity index (χ2v) is 5.27. The highest BCUT2D eigenvalue weighted by atomic mass is 31.2. The molecular formula is C12H11N2O9P. The number of non-ortho nitro benzene ring substituents is 2. The zero-order valence-corrected chi connectivity index (χ0v) is 12.6. The molecule has 3 N–H and O–H groups in total. The maximum absolute atomic E-state index is 10.4. The molecule has 0 spiro atoms. The molecular weight excluding hydrogens is 347 g/mol. The summed E-state index contributed by atoms with van der Waals surface area (Å²) in [5.74, 6) is -0.0884. The summed E-state index contributed by atoms with van der Waals surface area (Å²) >= 11 is 0. The molecule has 0 unspecified atom stereocenters. The third-order valence-corrected chi connectivity index (χ3v) is 2.78. The van der Waals surface area contributed by atoms with Gasteiger partial charge in [-0.3, -0.25) is 30.0 Å². The fourth-order valence-corrected chi connectivity index (χ4v) is 1.74. The number of rotatable bonds is 4. The van der Waals surface area contributed by atoms with Crippen LogP contribution in [0.2, 0.25) is 0 Å². The molecule has 24 heavy (non-hydrogen) atoms. The van der Waals surface area contributed by atoms with E-state index in [4.69, 9.17) is 14.9 Å². The average Bonchev–Trinajstić information content (AvgIpc) is 2.47. The van der Waals surface area contributed by atoms with Crippen molar-refractivity contribution in [1.82, 2.24) is 0 Å². The first-order chi connectivity index (χ1) is 11.1. The van der Waals surface area contributed by atoms with Crippen molar-refractivity contribution in [3.05, 3.63) is 68.8 Å². The van der Waals surface area contributed by atoms with Crippen LogP contribution in [0.25, 0.3) is 0 Å². The van der Waals surface area contributed by atoms with E-state index in [-0.39, 0.29) is 22.9 Å². The smallest absolute Gasteiger partial charge is 0.508 e. The van der Waals surface area contributed by atoms with Crippen molar-refractivity contribution in [1.29, 1.82) is 0 Å². The molecule has 0 aliphatic rings. The third-order valence-electron chi connectivity index (χ3n) is 2.33. The van der Waals surface area contributed by atoms with Crippen molar-refractivity contribution in [2.45, 2.75) is 0 Å². The van der Waals surface area contributed by atoms with Crippen LogP contribution in [0, 0.1) is 20.2 Å². The highest BCUT2D eigenvalue weighted by molar-refractivity contribution is 7.46. The molecule has 0 saturated heterocycles. The maximum Gasteiger partial charge on any atom is 0.524 e. The summed E-state index contributed by atoms with van der Waals surface area (Å²) in [4.78, 5) is 35.9. The Bertz CT molecular complexity index is 755. The first-order valence-electron chi connectivity index (χ1n) is 6.01. The lowest BCUT2D eigenvalue weighted by Gasteiger charge is -2.05. The number of nitro groups is 2. The molecule has 0 aliphatic heterocycles. The minimum atomic E-state index is -4.60. The normalized spacial score (nSPS) is 10.2. The first kappa shape index (κ1) is 19.0. The number of phenols is 1. The molecule has 0 amide bonds. The van der Waals surface area contributed by atoms with Gasteiger partial charge < -0.3 is 9.63 Å². The van der Waals surface area contributed by atoms with E-state index in [0.717, 1.165) is 24.3 Å². The zero-order valence-electron chi connectivity index (χ0n) is 11.8. The maximum atomic E-state index is 10.4. The van der Waals surface area contributed by atoms with Crippen LogP contribution >= 0.6 is 7.82 Å². The quantitative estimate of drug-likeness (QED) is 0.421. The number of aromatic hydroxyl groups is 1. The van der Waals surface area contributed by atoms with Crippen LogP contribution < -0.4 is 4.52 Å². The van der Waals surface area contributed by atoms with Crippen molar-refractivity contribution in [2.24, 2.45) is 0 Å². The number of hydrogen-bond donors (Lipinski definition) is 3. The lowest BCUT2D eigenvalue weighted by atomic mass is 10.3. The SMILES string of the molecule is O=[N+]([O-])c1ccc(O)cc1.O=[N+]([O-])c1ccc(OP(=O)(O)O)cc1. The Labute approximate surface area is 134 Å². The Balaban J connectivity index is 0.000000254. The minimum Gasteiger partial charge on any atom is -0.508 e. The number of nitro benzene ring substituents is 2. The van der Waals surface area contributed by atoms with Crippen LogP contribution in [-0.2, 0) is 4.57 Å². The van der Waals surface area contributed by atoms with Crippen LogP contribution in [-0.4, -0.2) is 24.7 Å². The van der Waals surface area contributed by atoms with Crippen molar-refractivity contribution in [3.8, 4) is 11.5 Å². The van der Waals surface area contributed by atoms with Crippen LogP contribution in [0.5, 0.6) is 11.5 Å². The van der Waals surface area contributed by atoms with E-state index in [1.807, 2.05) is 0 Å². The Morgan fingerprint density at radius 3 is 1.54 bits per heavy atom. The minimum absolute atomic E-state index is 0.0159. The number of nitrogens with zero attached hydrogens (tertiary/aromatic N) is 2. The van der Waals surface area contributed by atoms with Gasteiger partial charge in [-0.05, 0) is 24.3 Å². The second kappa shape index (κ2) is 8.02. The molecule has 0 radical (unpaired) electrons. The molecule has 2 aromatic rings. The molecule has 0 bridgehead atoms. The predicted octanol–water partition coefficient (Wildman–Crippen LogP) is 2.37. The van der Waals surface area contributed by atoms with E-state index in [9.17, 15) is 24.8 Å². The molecule has 2 rings (SSSR count). The standard InChI is InChI=1S/C6H6NO6P.C6H5NO3/c8-7(9)5-1-3-6(4-2-5)13-14(10,11)12;8-6-3-1-5(2-4-6)7(9)10/h1-4H,(H2,10,11,12);1-4,8H. The fourth-order valence-electron chi connectivity index (χ4n) is 1.34. The van der Waals surface area contributed by atoms with Gasteiger partial charge in [0.1, 0.15) is 11.5 Å². The zero-order chi connectivity index (χ0) is 18.3. The Morgan fingerprint density at radius 1 is 0.833 bits per heavy atom. The van der Waals surface area contributed by atoms with Gasteiger partial charge in [0.25, 0.3) is 11.4 Å². The van der Waals surface area contributed by atoms with Crippen LogP contribution in [0.15, 0.2) is 48.5 Å². The molecule has 0 aromatic heterocycles. The monoisotopic (exact) mass is 358 g/mol. The van der Waals surface area contributed by atoms with Crippen LogP contribution in [0.4, 0.5) is 11.4 Å². The van der Waals surface area contributed by atoms with Gasteiger partial charge in [0, 0.05) is 24.3 Å². The Hall–Kier alpha value is -3.01. The lowest BCUT2D eigenvalue weighted by molar-refractivity contribution is -0.385. The Morgan fingerprint density at radius 2 is 1.21 bits per heavy atom. The summed E-state index contributed by atoms with van der Waals surface area (Å²) in [6.07, 6.45) is 0. The topological polar surface area (TPSA) is 173 Å². The first-order valence-corrected chi connectivity index (χ1v) is 7.54. The van der Waals surface area contributed by atoms with Gasteiger partial charge >= 0.3 is 7.82 Å². The predicted molar refractivity (Wildman–Crippen MR) is 80.5 cm³/mol. The fraction of sp³-hybridized carbons (Fsp3) is 0. The van der Waals surface area contributed by atoms with E-state index in [2.05, 4.69) is 4.52 Å². The van der Waals surface area contributed by atoms with Crippen molar-refractivity contribution >= 4 is 19.2 Å². The number of phosphoric acid groups is 1. The number of hydrogen-bond acceptors (Lipinski definition) is 7. The van der Waals surface area contributed by atoms with E-state index in [1.54, 1.807) is 0 Å². The number of phenolic OH excluding ortho intramolecular Hbond substituents is 1. The molecule has 0 saturated carbocycles. The highest BCUT2D eigenvalue weighted by Gasteiger charge is 2.16. The van der Waals surface area contributed by atoms with E-state index in [0.29, 0.717) is 0 Å². The van der Waals surface area contributed by atoms with Gasteiger partial charge in [-0.2, -0.15) is 0 Å². The second-order valence-electron chi connectivity index (χ2n) is 4.11. The van der Waals surface area contributed by atoms with Crippen molar-refractivity contribution in [2.75, 3.05) is 0 Å². The van der Waals surface area contributed by atoms with E-state index < -0.39 is 17.7 Å². The van der Waals surface area contributed by atoms with Gasteiger partial charge in [0.2, 0.25) is 0 Å². The van der Waals surface area contributed by atoms with Gasteiger partial charge in [-0.1, -0.05) is 0 Å². The largest absolute Gasteiger partial charge is 0.524 e. The highest BCUT2D eigenvalue weighted by Crippen LogP contribution is 2.37. The molecule has 2 aromatic carbocycles. The van der Waals surface area contributed by atoms with Gasteiger partial charge in [0.05, 0.1) is 9.85 Å². The summed E-state index contributed by atoms with van der Waals surface area (Å²) in [6, 6.07) is 9.44.